The molecule has 2 N–H and O–H groups in total. The van der Waals surface area contributed by atoms with Crippen LogP contribution < -0.4 is 10.2 Å². The molecule has 1 amide bonds. The monoisotopic (exact) mass is 394 g/mol. The minimum absolute atomic E-state index is 0.0688. The number of hydrogen-bond acceptors (Lipinski definition) is 5. The Morgan fingerprint density at radius 2 is 2.00 bits per heavy atom. The number of rotatable bonds is 4. The number of nitrogens with zero attached hydrogens (tertiary/aromatic N) is 1. The summed E-state index contributed by atoms with van der Waals surface area (Å²) in [7, 11) is 1.52. The van der Waals surface area contributed by atoms with Crippen molar-refractivity contribution >= 4 is 56.7 Å². The molecule has 0 fully saturated rings. The number of phenols is 1. The molecule has 8 heteroatoms. The molecule has 0 spiro atoms. The number of hydrogen-bond donors (Lipinski definition) is 2. The number of thiophene rings is 1. The number of nitrogens with one attached hydrogen (secondary N) is 1. The average molecular weight is 395 g/mol. The molecular weight excluding hydrogens is 383 g/mol. The standard InChI is InChI=1S/C17H12Cl2N2O3S/c1-24-12-7-6-10-13(18)16(25-15(10)14(12)19)17(23)21-20-8-9-4-2-3-5-11(9)22/h2-8,22H,1H3,(H,21,23)/b20-8+. The molecule has 2 aromatic carbocycles. The summed E-state index contributed by atoms with van der Waals surface area (Å²) in [5.41, 5.74) is 2.88. The molecule has 0 saturated heterocycles. The molecule has 0 saturated carbocycles. The highest BCUT2D eigenvalue weighted by molar-refractivity contribution is 7.22. The van der Waals surface area contributed by atoms with E-state index >= 15 is 0 Å². The largest absolute Gasteiger partial charge is 0.507 e. The number of ether oxygens (including phenoxy) is 1. The fourth-order valence-electron chi connectivity index (χ4n) is 2.19. The van der Waals surface area contributed by atoms with E-state index in [1.807, 2.05) is 0 Å². The van der Waals surface area contributed by atoms with Crippen LogP contribution in [0, 0.1) is 0 Å². The maximum Gasteiger partial charge on any atom is 0.283 e. The van der Waals surface area contributed by atoms with E-state index in [0.29, 0.717) is 36.3 Å². The molecule has 0 bridgehead atoms. The maximum atomic E-state index is 12.3. The van der Waals surface area contributed by atoms with Gasteiger partial charge in [0.15, 0.2) is 0 Å². The minimum atomic E-state index is -0.465. The van der Waals surface area contributed by atoms with Crippen molar-refractivity contribution in [2.24, 2.45) is 5.10 Å². The van der Waals surface area contributed by atoms with Crippen molar-refractivity contribution in [3.05, 3.63) is 56.9 Å². The molecule has 0 atom stereocenters. The third-order valence-electron chi connectivity index (χ3n) is 3.43. The Hall–Kier alpha value is -2.28. The topological polar surface area (TPSA) is 70.9 Å². The van der Waals surface area contributed by atoms with Crippen molar-refractivity contribution in [2.45, 2.75) is 0 Å². The van der Waals surface area contributed by atoms with Gasteiger partial charge in [-0.25, -0.2) is 5.43 Å². The molecule has 3 rings (SSSR count). The number of para-hydroxylation sites is 1. The zero-order chi connectivity index (χ0) is 18.0. The molecule has 1 aromatic heterocycles. The van der Waals surface area contributed by atoms with E-state index in [9.17, 15) is 9.90 Å². The van der Waals surface area contributed by atoms with Crippen LogP contribution >= 0.6 is 34.5 Å². The molecule has 0 aliphatic carbocycles. The van der Waals surface area contributed by atoms with Crippen LogP contribution in [0.1, 0.15) is 15.2 Å². The van der Waals surface area contributed by atoms with Gasteiger partial charge in [0, 0.05) is 10.9 Å². The van der Waals surface area contributed by atoms with Crippen LogP contribution in [0.4, 0.5) is 0 Å². The van der Waals surface area contributed by atoms with Crippen LogP contribution in [-0.2, 0) is 0 Å². The van der Waals surface area contributed by atoms with Crippen molar-refractivity contribution < 1.29 is 14.6 Å². The number of benzene rings is 2. The van der Waals surface area contributed by atoms with Gasteiger partial charge in [-0.3, -0.25) is 4.79 Å². The second kappa shape index (κ2) is 7.31. The summed E-state index contributed by atoms with van der Waals surface area (Å²) < 4.78 is 5.84. The summed E-state index contributed by atoms with van der Waals surface area (Å²) in [6.45, 7) is 0. The van der Waals surface area contributed by atoms with Gasteiger partial charge in [-0.15, -0.1) is 11.3 Å². The quantitative estimate of drug-likeness (QED) is 0.498. The molecule has 0 aliphatic heterocycles. The number of carbonyl (C=O) groups is 1. The van der Waals surface area contributed by atoms with Crippen molar-refractivity contribution in [2.75, 3.05) is 7.11 Å². The summed E-state index contributed by atoms with van der Waals surface area (Å²) in [4.78, 5) is 12.6. The Morgan fingerprint density at radius 3 is 2.72 bits per heavy atom. The zero-order valence-corrected chi connectivity index (χ0v) is 15.2. The van der Waals surface area contributed by atoms with Gasteiger partial charge in [0.1, 0.15) is 21.4 Å². The van der Waals surface area contributed by atoms with Gasteiger partial charge in [0.2, 0.25) is 0 Å². The Balaban J connectivity index is 1.86. The third kappa shape index (κ3) is 3.42. The first-order valence-electron chi connectivity index (χ1n) is 7.08. The number of carbonyl (C=O) groups excluding carboxylic acids is 1. The Kier molecular flexibility index (Phi) is 5.13. The van der Waals surface area contributed by atoms with E-state index in [-0.39, 0.29) is 5.75 Å². The van der Waals surface area contributed by atoms with E-state index in [4.69, 9.17) is 27.9 Å². The van der Waals surface area contributed by atoms with Gasteiger partial charge in [-0.05, 0) is 24.3 Å². The van der Waals surface area contributed by atoms with Crippen LogP contribution in [0.3, 0.4) is 0 Å². The highest BCUT2D eigenvalue weighted by atomic mass is 35.5. The number of phenolic OH excluding ortho intramolecular Hbond substituents is 1. The molecule has 5 nitrogen and oxygen atoms in total. The van der Waals surface area contributed by atoms with Crippen molar-refractivity contribution in [1.82, 2.24) is 5.43 Å². The van der Waals surface area contributed by atoms with E-state index in [1.54, 1.807) is 30.3 Å². The lowest BCUT2D eigenvalue weighted by molar-refractivity contribution is 0.0959. The van der Waals surface area contributed by atoms with E-state index < -0.39 is 5.91 Å². The van der Waals surface area contributed by atoms with Crippen molar-refractivity contribution in [3.8, 4) is 11.5 Å². The molecule has 3 aromatic rings. The Morgan fingerprint density at radius 1 is 1.24 bits per heavy atom. The SMILES string of the molecule is COc1ccc2c(Cl)c(C(=O)N/N=C/c3ccccc3O)sc2c1Cl. The van der Waals surface area contributed by atoms with E-state index in [2.05, 4.69) is 10.5 Å². The summed E-state index contributed by atoms with van der Waals surface area (Å²) in [5, 5.41) is 14.9. The second-order valence-electron chi connectivity index (χ2n) is 4.96. The van der Waals surface area contributed by atoms with Gasteiger partial charge >= 0.3 is 0 Å². The first kappa shape index (κ1) is 17.5. The number of halogens is 2. The Bertz CT molecular complexity index is 985. The third-order valence-corrected chi connectivity index (χ3v) is 5.65. The number of aromatic hydroxyl groups is 1. The Labute approximate surface area is 157 Å². The molecule has 0 unspecified atom stereocenters. The number of hydrazone groups is 1. The first-order chi connectivity index (χ1) is 12.0. The van der Waals surface area contributed by atoms with Crippen LogP contribution in [0.25, 0.3) is 10.1 Å². The summed E-state index contributed by atoms with van der Waals surface area (Å²) in [6, 6.07) is 10.1. The second-order valence-corrected chi connectivity index (χ2v) is 6.74. The van der Waals surface area contributed by atoms with Crippen LogP contribution in [0.5, 0.6) is 11.5 Å². The fourth-order valence-corrected chi connectivity index (χ4v) is 3.98. The maximum absolute atomic E-state index is 12.3. The number of methoxy groups -OCH3 is 1. The zero-order valence-electron chi connectivity index (χ0n) is 12.9. The fraction of sp³-hybridized carbons (Fsp3) is 0.0588. The van der Waals surface area contributed by atoms with Crippen LogP contribution in [-0.4, -0.2) is 24.3 Å². The first-order valence-corrected chi connectivity index (χ1v) is 8.66. The molecule has 0 aliphatic rings. The highest BCUT2D eigenvalue weighted by Gasteiger charge is 2.20. The molecule has 25 heavy (non-hydrogen) atoms. The number of fused-ring (bicyclic) bond motifs is 1. The summed E-state index contributed by atoms with van der Waals surface area (Å²) in [6.07, 6.45) is 1.35. The minimum Gasteiger partial charge on any atom is -0.507 e. The van der Waals surface area contributed by atoms with Gasteiger partial charge < -0.3 is 9.84 Å². The summed E-state index contributed by atoms with van der Waals surface area (Å²) >= 11 is 13.7. The average Bonchev–Trinajstić information content (AvgIpc) is 2.95. The van der Waals surface area contributed by atoms with Gasteiger partial charge in [-0.1, -0.05) is 35.3 Å². The lowest BCUT2D eigenvalue weighted by Crippen LogP contribution is -2.16. The molecule has 0 radical (unpaired) electrons. The van der Waals surface area contributed by atoms with Crippen molar-refractivity contribution in [3.63, 3.8) is 0 Å². The lowest BCUT2D eigenvalue weighted by atomic mass is 10.2. The molecular formula is C17H12Cl2N2O3S. The van der Waals surface area contributed by atoms with Crippen LogP contribution in [0.15, 0.2) is 41.5 Å². The van der Waals surface area contributed by atoms with Gasteiger partial charge in [-0.2, -0.15) is 5.10 Å². The molecule has 128 valence electrons. The predicted octanol–water partition coefficient (Wildman–Crippen LogP) is 4.69. The molecule has 1 heterocycles. The summed E-state index contributed by atoms with van der Waals surface area (Å²) in [5.74, 6) is 0.115. The predicted molar refractivity (Wildman–Crippen MR) is 102 cm³/mol. The lowest BCUT2D eigenvalue weighted by Gasteiger charge is -2.02. The normalized spacial score (nSPS) is 11.2. The van der Waals surface area contributed by atoms with E-state index in [0.717, 1.165) is 11.3 Å². The van der Waals surface area contributed by atoms with E-state index in [1.165, 1.54) is 19.4 Å². The van der Waals surface area contributed by atoms with Crippen LogP contribution in [0.2, 0.25) is 10.0 Å². The number of amides is 1. The van der Waals surface area contributed by atoms with Gasteiger partial charge in [0.05, 0.1) is 23.0 Å². The van der Waals surface area contributed by atoms with Gasteiger partial charge in [0.25, 0.3) is 5.91 Å². The van der Waals surface area contributed by atoms with Crippen molar-refractivity contribution in [1.29, 1.82) is 0 Å². The highest BCUT2D eigenvalue weighted by Crippen LogP contribution is 2.42. The smallest absolute Gasteiger partial charge is 0.283 e.